The Morgan fingerprint density at radius 2 is 1.57 bits per heavy atom. The number of aromatic hydroxyl groups is 3. The zero-order valence-electron chi connectivity index (χ0n) is 23.5. The molecule has 0 bridgehead atoms. The van der Waals surface area contributed by atoms with Crippen LogP contribution in [0.4, 0.5) is 0 Å². The minimum atomic E-state index is -1.33. The van der Waals surface area contributed by atoms with Gasteiger partial charge in [-0.15, -0.1) is 0 Å². The Bertz CT molecular complexity index is 2000. The van der Waals surface area contributed by atoms with Crippen LogP contribution in [0.1, 0.15) is 11.1 Å². The maximum atomic E-state index is 12.6. The molecule has 1 aromatic heterocycles. The molecule has 44 heavy (non-hydrogen) atoms. The highest BCUT2D eigenvalue weighted by atomic mass is 16.5. The van der Waals surface area contributed by atoms with Crippen molar-refractivity contribution in [2.24, 2.45) is 0 Å². The summed E-state index contributed by atoms with van der Waals surface area (Å²) in [7, 11) is 2.99. The predicted molar refractivity (Wildman–Crippen MR) is 158 cm³/mol. The van der Waals surface area contributed by atoms with Crippen LogP contribution in [0.5, 0.6) is 28.7 Å². The number of methoxy groups -OCH3 is 2. The number of ether oxygens (including phenoxy) is 3. The third kappa shape index (κ3) is 4.50. The zero-order valence-corrected chi connectivity index (χ0v) is 23.5. The molecule has 5 N–H and O–H groups in total. The van der Waals surface area contributed by atoms with Crippen LogP contribution in [-0.4, -0.2) is 57.7 Å². The van der Waals surface area contributed by atoms with Gasteiger partial charge in [0, 0.05) is 17.6 Å². The first kappa shape index (κ1) is 28.4. The number of ketones is 1. The van der Waals surface area contributed by atoms with Crippen molar-refractivity contribution >= 4 is 22.3 Å². The Morgan fingerprint density at radius 3 is 2.27 bits per heavy atom. The summed E-state index contributed by atoms with van der Waals surface area (Å²) >= 11 is 0. The average molecular weight is 599 g/mol. The van der Waals surface area contributed by atoms with Gasteiger partial charge in [0.2, 0.25) is 22.7 Å². The van der Waals surface area contributed by atoms with E-state index in [1.807, 2.05) is 0 Å². The van der Waals surface area contributed by atoms with Crippen molar-refractivity contribution in [3.8, 4) is 39.9 Å². The van der Waals surface area contributed by atoms with E-state index in [4.69, 9.17) is 18.6 Å². The summed E-state index contributed by atoms with van der Waals surface area (Å²) in [5.74, 6) is -0.798. The minimum Gasteiger partial charge on any atom is -0.504 e. The van der Waals surface area contributed by atoms with Gasteiger partial charge in [-0.25, -0.2) is 0 Å². The second-order valence-corrected chi connectivity index (χ2v) is 10.4. The molecule has 2 heterocycles. The van der Waals surface area contributed by atoms with Crippen LogP contribution in [0.2, 0.25) is 0 Å². The lowest BCUT2D eigenvalue weighted by molar-refractivity contribution is -0.114. The van der Waals surface area contributed by atoms with E-state index in [1.54, 1.807) is 31.4 Å². The number of allylic oxidation sites excluding steroid dienone is 2. The van der Waals surface area contributed by atoms with Gasteiger partial charge in [-0.2, -0.15) is 0 Å². The maximum absolute atomic E-state index is 12.6. The molecule has 1 unspecified atom stereocenters. The largest absolute Gasteiger partial charge is 0.504 e. The highest BCUT2D eigenvalue weighted by molar-refractivity contribution is 6.06. The topological polar surface area (TPSA) is 176 Å². The Morgan fingerprint density at radius 1 is 0.841 bits per heavy atom. The summed E-state index contributed by atoms with van der Waals surface area (Å²) in [6, 6.07) is 12.8. The van der Waals surface area contributed by atoms with Gasteiger partial charge < -0.3 is 44.2 Å². The first-order valence-electron chi connectivity index (χ1n) is 13.3. The number of aliphatic hydroxyl groups excluding tert-OH is 1. The fourth-order valence-electron chi connectivity index (χ4n) is 5.59. The molecule has 4 aromatic rings. The van der Waals surface area contributed by atoms with Crippen LogP contribution in [0, 0.1) is 0 Å². The predicted octanol–water partition coefficient (Wildman–Crippen LogP) is 4.26. The molecule has 1 atom stereocenters. The van der Waals surface area contributed by atoms with Crippen LogP contribution < -0.4 is 14.9 Å². The van der Waals surface area contributed by atoms with Gasteiger partial charge in [0.05, 0.1) is 25.2 Å². The molecule has 11 heteroatoms. The van der Waals surface area contributed by atoms with Crippen LogP contribution in [0.15, 0.2) is 93.2 Å². The zero-order chi connectivity index (χ0) is 31.3. The molecule has 0 saturated carbocycles. The SMILES string of the molecule is COc1ccc(-c2coc3c(OC)c(O)ccc3c2=O)cc1.O=C1C=CC2=C3c4cc(O)c(O)cc4CC3(O)COC2=C1O. The molecule has 0 radical (unpaired) electrons. The molecule has 224 valence electrons. The van der Waals surface area contributed by atoms with Gasteiger partial charge in [0.1, 0.15) is 24.2 Å². The molecule has 0 fully saturated rings. The average Bonchev–Trinajstić information content (AvgIpc) is 3.31. The number of rotatable bonds is 3. The van der Waals surface area contributed by atoms with Crippen LogP contribution in [-0.2, 0) is 16.0 Å². The van der Waals surface area contributed by atoms with Crippen molar-refractivity contribution in [2.45, 2.75) is 12.0 Å². The number of carbonyl (C=O) groups excluding carboxylic acids is 1. The van der Waals surface area contributed by atoms with Crippen molar-refractivity contribution < 1.29 is 49.0 Å². The van der Waals surface area contributed by atoms with Crippen molar-refractivity contribution in [3.63, 3.8) is 0 Å². The summed E-state index contributed by atoms with van der Waals surface area (Å²) in [6.45, 7) is -0.122. The van der Waals surface area contributed by atoms with Gasteiger partial charge >= 0.3 is 0 Å². The molecule has 3 aliphatic rings. The fraction of sp³-hybridized carbons (Fsp3) is 0.152. The fourth-order valence-corrected chi connectivity index (χ4v) is 5.59. The van der Waals surface area contributed by atoms with Gasteiger partial charge in [-0.05, 0) is 65.2 Å². The first-order chi connectivity index (χ1) is 21.1. The van der Waals surface area contributed by atoms with Crippen molar-refractivity contribution in [3.05, 3.63) is 105 Å². The lowest BCUT2D eigenvalue weighted by Crippen LogP contribution is -2.39. The van der Waals surface area contributed by atoms with E-state index in [1.165, 1.54) is 49.8 Å². The second kappa shape index (κ2) is 10.5. The van der Waals surface area contributed by atoms with E-state index >= 15 is 0 Å². The Balaban J connectivity index is 0.000000156. The number of benzene rings is 3. The summed E-state index contributed by atoms with van der Waals surface area (Å²) in [5.41, 5.74) is 1.99. The lowest BCUT2D eigenvalue weighted by atomic mass is 9.85. The van der Waals surface area contributed by atoms with Crippen molar-refractivity contribution in [2.75, 3.05) is 20.8 Å². The van der Waals surface area contributed by atoms with E-state index in [0.29, 0.717) is 39.0 Å². The molecule has 0 spiro atoms. The first-order valence-corrected chi connectivity index (χ1v) is 13.3. The van der Waals surface area contributed by atoms with Gasteiger partial charge in [0.25, 0.3) is 0 Å². The van der Waals surface area contributed by atoms with Crippen LogP contribution in [0.3, 0.4) is 0 Å². The highest BCUT2D eigenvalue weighted by Gasteiger charge is 2.47. The summed E-state index contributed by atoms with van der Waals surface area (Å²) in [5, 5.41) is 50.2. The maximum Gasteiger partial charge on any atom is 0.224 e. The van der Waals surface area contributed by atoms with E-state index in [0.717, 1.165) is 5.56 Å². The van der Waals surface area contributed by atoms with E-state index in [-0.39, 0.29) is 52.8 Å². The number of phenols is 3. The van der Waals surface area contributed by atoms with Crippen LogP contribution >= 0.6 is 0 Å². The third-order valence-electron chi connectivity index (χ3n) is 7.72. The minimum absolute atomic E-state index is 0.0348. The molecular formula is C33H26O11. The summed E-state index contributed by atoms with van der Waals surface area (Å²) in [6.07, 6.45) is 4.27. The monoisotopic (exact) mass is 598 g/mol. The standard InChI is InChI=1S/C17H14O5.C16H12O6/c1-20-11-5-3-10(4-6-11)13-9-22-16-12(15(13)19)7-8-14(18)17(16)21-2;17-10-2-1-8-13-9-4-12(19)11(18)3-7(9)5-16(13,21)6-22-15(8)14(10)20/h3-9,18H,1-2H3;1-4,18-21H,5-6H2. The van der Waals surface area contributed by atoms with Crippen molar-refractivity contribution in [1.29, 1.82) is 0 Å². The van der Waals surface area contributed by atoms with Gasteiger partial charge in [-0.1, -0.05) is 12.1 Å². The second-order valence-electron chi connectivity index (χ2n) is 10.4. The van der Waals surface area contributed by atoms with E-state index in [2.05, 4.69) is 0 Å². The molecule has 3 aromatic carbocycles. The summed E-state index contributed by atoms with van der Waals surface area (Å²) in [4.78, 5) is 24.2. The number of aliphatic hydroxyl groups is 2. The third-order valence-corrected chi connectivity index (χ3v) is 7.72. The number of hydrogen-bond acceptors (Lipinski definition) is 11. The molecule has 11 nitrogen and oxygen atoms in total. The number of hydrogen-bond donors (Lipinski definition) is 5. The normalized spacial score (nSPS) is 18.2. The van der Waals surface area contributed by atoms with Gasteiger partial charge in [-0.3, -0.25) is 9.59 Å². The molecule has 2 aliphatic carbocycles. The lowest BCUT2D eigenvalue weighted by Gasteiger charge is -2.33. The van der Waals surface area contributed by atoms with E-state index in [9.17, 15) is 35.1 Å². The van der Waals surface area contributed by atoms with Gasteiger partial charge in [0.15, 0.2) is 28.6 Å². The molecule has 7 rings (SSSR count). The molecule has 0 saturated heterocycles. The molecular weight excluding hydrogens is 572 g/mol. The van der Waals surface area contributed by atoms with Crippen molar-refractivity contribution in [1.82, 2.24) is 0 Å². The number of fused-ring (bicyclic) bond motifs is 5. The molecule has 1 aliphatic heterocycles. The van der Waals surface area contributed by atoms with E-state index < -0.39 is 17.1 Å². The number of carbonyl (C=O) groups is 1. The Hall–Kier alpha value is -5.68. The smallest absolute Gasteiger partial charge is 0.224 e. The quantitative estimate of drug-likeness (QED) is 0.213. The highest BCUT2D eigenvalue weighted by Crippen LogP contribution is 2.50. The van der Waals surface area contributed by atoms with Crippen LogP contribution in [0.25, 0.3) is 27.7 Å². The Labute approximate surface area is 249 Å². The summed E-state index contributed by atoms with van der Waals surface area (Å²) < 4.78 is 21.1. The molecule has 0 amide bonds. The Kier molecular flexibility index (Phi) is 6.82. The number of phenolic OH excluding ortho intramolecular Hbond substituents is 3.